The Morgan fingerprint density at radius 2 is 2.05 bits per heavy atom. The quantitative estimate of drug-likeness (QED) is 0.880. The molecule has 2 aromatic rings. The highest BCUT2D eigenvalue weighted by atomic mass is 16.2. The van der Waals surface area contributed by atoms with E-state index in [1.807, 2.05) is 19.9 Å². The zero-order valence-electron chi connectivity index (χ0n) is 12.8. The van der Waals surface area contributed by atoms with Crippen LogP contribution in [-0.2, 0) is 0 Å². The number of carbonyl (C=O) groups is 1. The Kier molecular flexibility index (Phi) is 3.94. The molecule has 2 N–H and O–H groups in total. The van der Waals surface area contributed by atoms with E-state index < -0.39 is 0 Å². The standard InChI is InChI=1S/C16H20N4O2/c1-10(2)20-16(22)13-6-4-3-5-12(13)14(19-20)15(21)18-9-11-7-17-8-11/h3-6,10-11,17H,7-9H2,1-2H3,(H,18,21). The van der Waals surface area contributed by atoms with Crippen molar-refractivity contribution in [1.29, 1.82) is 0 Å². The van der Waals surface area contributed by atoms with E-state index >= 15 is 0 Å². The number of aromatic nitrogens is 2. The maximum absolute atomic E-state index is 12.5. The second-order valence-electron chi connectivity index (χ2n) is 5.97. The fourth-order valence-corrected chi connectivity index (χ4v) is 2.54. The maximum Gasteiger partial charge on any atom is 0.274 e. The first-order chi connectivity index (χ1) is 10.6. The number of hydrogen-bond acceptors (Lipinski definition) is 4. The summed E-state index contributed by atoms with van der Waals surface area (Å²) in [5.41, 5.74) is 0.154. The molecule has 22 heavy (non-hydrogen) atoms. The van der Waals surface area contributed by atoms with Crippen molar-refractivity contribution in [3.05, 3.63) is 40.3 Å². The van der Waals surface area contributed by atoms with Crippen molar-refractivity contribution in [2.75, 3.05) is 19.6 Å². The molecule has 3 rings (SSSR count). The summed E-state index contributed by atoms with van der Waals surface area (Å²) in [6, 6.07) is 7.03. The number of benzene rings is 1. The van der Waals surface area contributed by atoms with Crippen LogP contribution in [0.1, 0.15) is 30.4 Å². The SMILES string of the molecule is CC(C)n1nc(C(=O)NCC2CNC2)c2ccccc2c1=O. The van der Waals surface area contributed by atoms with Crippen LogP contribution in [0, 0.1) is 5.92 Å². The van der Waals surface area contributed by atoms with Crippen molar-refractivity contribution >= 4 is 16.7 Å². The first-order valence-corrected chi connectivity index (χ1v) is 7.58. The van der Waals surface area contributed by atoms with Gasteiger partial charge in [-0.05, 0) is 19.9 Å². The number of carbonyl (C=O) groups excluding carboxylic acids is 1. The number of amides is 1. The third-order valence-corrected chi connectivity index (χ3v) is 3.95. The van der Waals surface area contributed by atoms with Crippen LogP contribution in [0.2, 0.25) is 0 Å². The Morgan fingerprint density at radius 3 is 2.64 bits per heavy atom. The van der Waals surface area contributed by atoms with Gasteiger partial charge in [-0.3, -0.25) is 9.59 Å². The smallest absolute Gasteiger partial charge is 0.274 e. The molecule has 1 fully saturated rings. The topological polar surface area (TPSA) is 76.0 Å². The van der Waals surface area contributed by atoms with Gasteiger partial charge >= 0.3 is 0 Å². The van der Waals surface area contributed by atoms with E-state index in [0.29, 0.717) is 28.9 Å². The average molecular weight is 300 g/mol. The summed E-state index contributed by atoms with van der Waals surface area (Å²) in [5, 5.41) is 11.5. The maximum atomic E-state index is 12.5. The molecule has 0 radical (unpaired) electrons. The number of rotatable bonds is 4. The molecule has 0 atom stereocenters. The second-order valence-corrected chi connectivity index (χ2v) is 5.97. The highest BCUT2D eigenvalue weighted by Gasteiger charge is 2.21. The average Bonchev–Trinajstić information content (AvgIpc) is 2.45. The van der Waals surface area contributed by atoms with Gasteiger partial charge in [0.15, 0.2) is 5.69 Å². The Hall–Kier alpha value is -2.21. The van der Waals surface area contributed by atoms with Crippen molar-refractivity contribution in [1.82, 2.24) is 20.4 Å². The third-order valence-electron chi connectivity index (χ3n) is 3.95. The molecule has 116 valence electrons. The summed E-state index contributed by atoms with van der Waals surface area (Å²) in [4.78, 5) is 24.9. The molecule has 0 bridgehead atoms. The van der Waals surface area contributed by atoms with E-state index in [4.69, 9.17) is 0 Å². The van der Waals surface area contributed by atoms with Gasteiger partial charge in [0, 0.05) is 30.9 Å². The highest BCUT2D eigenvalue weighted by Crippen LogP contribution is 2.15. The Labute approximate surface area is 128 Å². The minimum atomic E-state index is -0.225. The molecule has 6 nitrogen and oxygen atoms in total. The number of nitrogens with zero attached hydrogens (tertiary/aromatic N) is 2. The fourth-order valence-electron chi connectivity index (χ4n) is 2.54. The third kappa shape index (κ3) is 2.62. The zero-order valence-corrected chi connectivity index (χ0v) is 12.8. The number of nitrogens with one attached hydrogen (secondary N) is 2. The summed E-state index contributed by atoms with van der Waals surface area (Å²) in [5.74, 6) is 0.253. The van der Waals surface area contributed by atoms with Gasteiger partial charge in [-0.25, -0.2) is 4.68 Å². The van der Waals surface area contributed by atoms with Gasteiger partial charge in [0.2, 0.25) is 0 Å². The molecular formula is C16H20N4O2. The molecule has 1 aromatic heterocycles. The molecule has 0 saturated carbocycles. The summed E-state index contributed by atoms with van der Waals surface area (Å²) in [6.45, 7) is 6.25. The second kappa shape index (κ2) is 5.88. The fraction of sp³-hybridized carbons (Fsp3) is 0.438. The van der Waals surface area contributed by atoms with E-state index in [-0.39, 0.29) is 17.5 Å². The van der Waals surface area contributed by atoms with Crippen LogP contribution in [0.5, 0.6) is 0 Å². The predicted octanol–water partition coefficient (Wildman–Crippen LogP) is 0.927. The molecule has 0 unspecified atom stereocenters. The van der Waals surface area contributed by atoms with Crippen LogP contribution in [0.3, 0.4) is 0 Å². The summed E-state index contributed by atoms with van der Waals surface area (Å²) < 4.78 is 1.38. The largest absolute Gasteiger partial charge is 0.350 e. The van der Waals surface area contributed by atoms with Gasteiger partial charge in [-0.2, -0.15) is 5.10 Å². The molecule has 1 aliphatic heterocycles. The summed E-state index contributed by atoms with van der Waals surface area (Å²) in [7, 11) is 0. The summed E-state index contributed by atoms with van der Waals surface area (Å²) in [6.07, 6.45) is 0. The molecule has 1 aromatic carbocycles. The minimum Gasteiger partial charge on any atom is -0.350 e. The van der Waals surface area contributed by atoms with Gasteiger partial charge in [0.05, 0.1) is 11.4 Å². The predicted molar refractivity (Wildman–Crippen MR) is 85.1 cm³/mol. The Bertz CT molecular complexity index is 762. The van der Waals surface area contributed by atoms with Gasteiger partial charge < -0.3 is 10.6 Å². The lowest BCUT2D eigenvalue weighted by Crippen LogP contribution is -2.48. The van der Waals surface area contributed by atoms with Crippen LogP contribution in [-0.4, -0.2) is 35.3 Å². The zero-order chi connectivity index (χ0) is 15.7. The lowest BCUT2D eigenvalue weighted by atomic mass is 10.0. The van der Waals surface area contributed by atoms with Crippen molar-refractivity contribution in [2.45, 2.75) is 19.9 Å². The van der Waals surface area contributed by atoms with Crippen LogP contribution < -0.4 is 16.2 Å². The molecule has 1 saturated heterocycles. The molecule has 6 heteroatoms. The first kappa shape index (κ1) is 14.7. The molecule has 0 spiro atoms. The van der Waals surface area contributed by atoms with Gasteiger partial charge in [-0.15, -0.1) is 0 Å². The van der Waals surface area contributed by atoms with Crippen LogP contribution in [0.4, 0.5) is 0 Å². The Balaban J connectivity index is 2.01. The molecule has 0 aliphatic carbocycles. The molecule has 1 aliphatic rings. The number of hydrogen-bond donors (Lipinski definition) is 2. The van der Waals surface area contributed by atoms with Crippen LogP contribution in [0.15, 0.2) is 29.1 Å². The van der Waals surface area contributed by atoms with E-state index in [0.717, 1.165) is 13.1 Å². The normalized spacial score (nSPS) is 15.0. The molecular weight excluding hydrogens is 280 g/mol. The Morgan fingerprint density at radius 1 is 1.36 bits per heavy atom. The van der Waals surface area contributed by atoms with E-state index in [1.54, 1.807) is 18.2 Å². The summed E-state index contributed by atoms with van der Waals surface area (Å²) >= 11 is 0. The van der Waals surface area contributed by atoms with E-state index in [9.17, 15) is 9.59 Å². The monoisotopic (exact) mass is 300 g/mol. The van der Waals surface area contributed by atoms with Crippen LogP contribution >= 0.6 is 0 Å². The molecule has 2 heterocycles. The number of fused-ring (bicyclic) bond motifs is 1. The lowest BCUT2D eigenvalue weighted by Gasteiger charge is -2.27. The lowest BCUT2D eigenvalue weighted by molar-refractivity contribution is 0.0936. The molecule has 1 amide bonds. The van der Waals surface area contributed by atoms with Crippen molar-refractivity contribution in [3.63, 3.8) is 0 Å². The van der Waals surface area contributed by atoms with E-state index in [1.165, 1.54) is 4.68 Å². The van der Waals surface area contributed by atoms with Crippen molar-refractivity contribution in [3.8, 4) is 0 Å². The highest BCUT2D eigenvalue weighted by molar-refractivity contribution is 6.04. The van der Waals surface area contributed by atoms with Crippen molar-refractivity contribution < 1.29 is 4.79 Å². The van der Waals surface area contributed by atoms with Gasteiger partial charge in [0.1, 0.15) is 0 Å². The minimum absolute atomic E-state index is 0.0977. The van der Waals surface area contributed by atoms with Crippen LogP contribution in [0.25, 0.3) is 10.8 Å². The first-order valence-electron chi connectivity index (χ1n) is 7.58. The van der Waals surface area contributed by atoms with Gasteiger partial charge in [-0.1, -0.05) is 18.2 Å². The van der Waals surface area contributed by atoms with E-state index in [2.05, 4.69) is 15.7 Å². The van der Waals surface area contributed by atoms with Gasteiger partial charge in [0.25, 0.3) is 11.5 Å². The van der Waals surface area contributed by atoms with Crippen molar-refractivity contribution in [2.24, 2.45) is 5.92 Å².